The molecule has 0 aliphatic rings. The molecule has 140 valence electrons. The van der Waals surface area contributed by atoms with Crippen LogP contribution in [0.2, 0.25) is 0 Å². The summed E-state index contributed by atoms with van der Waals surface area (Å²) < 4.78 is 17.3. The predicted molar refractivity (Wildman–Crippen MR) is 106 cm³/mol. The highest BCUT2D eigenvalue weighted by Gasteiger charge is 2.14. The van der Waals surface area contributed by atoms with E-state index in [1.807, 2.05) is 24.3 Å². The smallest absolute Gasteiger partial charge is 0.338 e. The minimum atomic E-state index is -0.315. The summed E-state index contributed by atoms with van der Waals surface area (Å²) >= 11 is 3.59. The van der Waals surface area contributed by atoms with E-state index in [0.29, 0.717) is 31.1 Å². The lowest BCUT2D eigenvalue weighted by atomic mass is 10.1. The van der Waals surface area contributed by atoms with Crippen LogP contribution in [0.5, 0.6) is 11.5 Å². The molecule has 0 radical (unpaired) electrons. The molecule has 6 heteroatoms. The molecular weight excluding hydrogens is 398 g/mol. The number of methoxy groups -OCH3 is 1. The molecule has 0 heterocycles. The summed E-state index contributed by atoms with van der Waals surface area (Å²) in [6.45, 7) is 5.39. The standard InChI is InChI=1S/C20H24BrNO4/c1-4-12-26-19-16(17(21)10-11-18(19)24-3)13-22-15-8-6-14(7-9-15)20(23)25-5-2/h6-11,22H,4-5,12-13H2,1-3H3. The average Bonchev–Trinajstić information content (AvgIpc) is 2.66. The van der Waals surface area contributed by atoms with Gasteiger partial charge < -0.3 is 19.5 Å². The van der Waals surface area contributed by atoms with Gasteiger partial charge in [-0.2, -0.15) is 0 Å². The van der Waals surface area contributed by atoms with Crippen LogP contribution in [0.3, 0.4) is 0 Å². The van der Waals surface area contributed by atoms with Crippen molar-refractivity contribution in [2.24, 2.45) is 0 Å². The fourth-order valence-corrected chi connectivity index (χ4v) is 2.85. The number of carbonyl (C=O) groups excluding carboxylic acids is 1. The van der Waals surface area contributed by atoms with Gasteiger partial charge in [-0.25, -0.2) is 4.79 Å². The minimum absolute atomic E-state index is 0.315. The molecule has 0 bridgehead atoms. The topological polar surface area (TPSA) is 56.8 Å². The molecule has 0 atom stereocenters. The zero-order chi connectivity index (χ0) is 18.9. The first-order valence-electron chi connectivity index (χ1n) is 8.59. The number of anilines is 1. The van der Waals surface area contributed by atoms with Crippen LogP contribution in [0.15, 0.2) is 40.9 Å². The maximum absolute atomic E-state index is 11.7. The first-order chi connectivity index (χ1) is 12.6. The van der Waals surface area contributed by atoms with Crippen molar-refractivity contribution in [3.63, 3.8) is 0 Å². The Hall–Kier alpha value is -2.21. The van der Waals surface area contributed by atoms with Gasteiger partial charge in [0.05, 0.1) is 25.9 Å². The monoisotopic (exact) mass is 421 g/mol. The van der Waals surface area contributed by atoms with Gasteiger partial charge in [0, 0.05) is 22.3 Å². The van der Waals surface area contributed by atoms with Crippen LogP contribution in [-0.2, 0) is 11.3 Å². The molecule has 0 fully saturated rings. The van der Waals surface area contributed by atoms with Gasteiger partial charge in [-0.15, -0.1) is 0 Å². The number of benzene rings is 2. The number of esters is 1. The molecule has 2 rings (SSSR count). The molecule has 0 aliphatic carbocycles. The number of hydrogen-bond donors (Lipinski definition) is 1. The van der Waals surface area contributed by atoms with E-state index in [1.54, 1.807) is 26.2 Å². The molecule has 0 amide bonds. The Bertz CT molecular complexity index is 731. The second-order valence-corrected chi connectivity index (χ2v) is 6.41. The Morgan fingerprint density at radius 2 is 1.85 bits per heavy atom. The summed E-state index contributed by atoms with van der Waals surface area (Å²) in [5.41, 5.74) is 2.41. The predicted octanol–water partition coefficient (Wildman–Crippen LogP) is 5.04. The molecule has 0 aliphatic heterocycles. The van der Waals surface area contributed by atoms with E-state index in [2.05, 4.69) is 28.2 Å². The highest BCUT2D eigenvalue weighted by Crippen LogP contribution is 2.36. The van der Waals surface area contributed by atoms with E-state index in [1.165, 1.54) is 0 Å². The van der Waals surface area contributed by atoms with E-state index in [0.717, 1.165) is 27.9 Å². The van der Waals surface area contributed by atoms with Gasteiger partial charge in [0.15, 0.2) is 11.5 Å². The molecule has 5 nitrogen and oxygen atoms in total. The van der Waals surface area contributed by atoms with Crippen molar-refractivity contribution in [2.75, 3.05) is 25.6 Å². The van der Waals surface area contributed by atoms with Gasteiger partial charge in [-0.1, -0.05) is 22.9 Å². The van der Waals surface area contributed by atoms with Gasteiger partial charge in [0.1, 0.15) is 0 Å². The van der Waals surface area contributed by atoms with Crippen molar-refractivity contribution in [3.05, 3.63) is 52.0 Å². The van der Waals surface area contributed by atoms with Crippen LogP contribution in [0.4, 0.5) is 5.69 Å². The van der Waals surface area contributed by atoms with Crippen molar-refractivity contribution in [3.8, 4) is 11.5 Å². The first kappa shape index (κ1) is 20.1. The van der Waals surface area contributed by atoms with Crippen LogP contribution in [0.25, 0.3) is 0 Å². The van der Waals surface area contributed by atoms with E-state index in [9.17, 15) is 4.79 Å². The molecule has 2 aromatic carbocycles. The van der Waals surface area contributed by atoms with Crippen molar-refractivity contribution in [2.45, 2.75) is 26.8 Å². The lowest BCUT2D eigenvalue weighted by molar-refractivity contribution is 0.0526. The number of halogens is 1. The molecule has 0 spiro atoms. The van der Waals surface area contributed by atoms with Crippen molar-refractivity contribution in [1.29, 1.82) is 0 Å². The molecule has 0 saturated carbocycles. The van der Waals surface area contributed by atoms with E-state index in [-0.39, 0.29) is 5.97 Å². The fourth-order valence-electron chi connectivity index (χ4n) is 2.40. The van der Waals surface area contributed by atoms with Crippen LogP contribution in [0.1, 0.15) is 36.2 Å². The van der Waals surface area contributed by atoms with Crippen molar-refractivity contribution in [1.82, 2.24) is 0 Å². The largest absolute Gasteiger partial charge is 0.493 e. The second-order valence-electron chi connectivity index (χ2n) is 5.56. The molecular formula is C20H24BrNO4. The molecule has 0 saturated heterocycles. The van der Waals surface area contributed by atoms with E-state index in [4.69, 9.17) is 14.2 Å². The molecule has 26 heavy (non-hydrogen) atoms. The summed E-state index contributed by atoms with van der Waals surface area (Å²) in [6.07, 6.45) is 0.915. The lowest BCUT2D eigenvalue weighted by Gasteiger charge is -2.17. The highest BCUT2D eigenvalue weighted by molar-refractivity contribution is 9.10. The number of ether oxygens (including phenoxy) is 3. The second kappa shape index (κ2) is 10.1. The normalized spacial score (nSPS) is 10.3. The minimum Gasteiger partial charge on any atom is -0.493 e. The Morgan fingerprint density at radius 1 is 1.12 bits per heavy atom. The third-order valence-corrected chi connectivity index (χ3v) is 4.45. The summed E-state index contributed by atoms with van der Waals surface area (Å²) in [5.74, 6) is 1.13. The zero-order valence-corrected chi connectivity index (χ0v) is 16.9. The first-order valence-corrected chi connectivity index (χ1v) is 9.39. The Morgan fingerprint density at radius 3 is 2.46 bits per heavy atom. The maximum atomic E-state index is 11.7. The van der Waals surface area contributed by atoms with Gasteiger partial charge in [0.2, 0.25) is 0 Å². The molecule has 1 N–H and O–H groups in total. The highest BCUT2D eigenvalue weighted by atomic mass is 79.9. The quantitative estimate of drug-likeness (QED) is 0.574. The van der Waals surface area contributed by atoms with Crippen molar-refractivity contribution >= 4 is 27.6 Å². The third-order valence-electron chi connectivity index (χ3n) is 3.70. The Kier molecular flexibility index (Phi) is 7.78. The number of nitrogens with one attached hydrogen (secondary N) is 1. The lowest BCUT2D eigenvalue weighted by Crippen LogP contribution is -2.07. The molecule has 2 aromatic rings. The zero-order valence-electron chi connectivity index (χ0n) is 15.3. The van der Waals surface area contributed by atoms with Gasteiger partial charge in [-0.05, 0) is 49.7 Å². The summed E-state index contributed by atoms with van der Waals surface area (Å²) in [6, 6.07) is 11.0. The Balaban J connectivity index is 2.14. The average molecular weight is 422 g/mol. The fraction of sp³-hybridized carbons (Fsp3) is 0.350. The summed E-state index contributed by atoms with van der Waals surface area (Å²) in [5, 5.41) is 3.35. The summed E-state index contributed by atoms with van der Waals surface area (Å²) in [4.78, 5) is 11.7. The van der Waals surface area contributed by atoms with Gasteiger partial charge in [0.25, 0.3) is 0 Å². The number of hydrogen-bond acceptors (Lipinski definition) is 5. The van der Waals surface area contributed by atoms with Crippen molar-refractivity contribution < 1.29 is 19.0 Å². The number of carbonyl (C=O) groups is 1. The SMILES string of the molecule is CCCOc1c(OC)ccc(Br)c1CNc1ccc(C(=O)OCC)cc1. The Labute approximate surface area is 162 Å². The molecule has 0 unspecified atom stereocenters. The van der Waals surface area contributed by atoms with Crippen LogP contribution < -0.4 is 14.8 Å². The van der Waals surface area contributed by atoms with Gasteiger partial charge in [-0.3, -0.25) is 0 Å². The third kappa shape index (κ3) is 5.14. The maximum Gasteiger partial charge on any atom is 0.338 e. The number of rotatable bonds is 9. The van der Waals surface area contributed by atoms with Gasteiger partial charge >= 0.3 is 5.97 Å². The van der Waals surface area contributed by atoms with Crippen LogP contribution in [-0.4, -0.2) is 26.3 Å². The van der Waals surface area contributed by atoms with E-state index >= 15 is 0 Å². The van der Waals surface area contributed by atoms with Crippen LogP contribution in [0, 0.1) is 0 Å². The van der Waals surface area contributed by atoms with E-state index < -0.39 is 0 Å². The molecule has 0 aromatic heterocycles. The summed E-state index contributed by atoms with van der Waals surface area (Å²) in [7, 11) is 1.63. The van der Waals surface area contributed by atoms with Crippen LogP contribution >= 0.6 is 15.9 Å².